The molecule has 3 nitrogen and oxygen atoms in total. The number of rotatable bonds is 4. The molecule has 0 aliphatic rings. The Hall–Kier alpha value is -2.26. The van der Waals surface area contributed by atoms with Crippen molar-refractivity contribution in [3.8, 4) is 11.3 Å². The highest BCUT2D eigenvalue weighted by Gasteiger charge is 2.06. The summed E-state index contributed by atoms with van der Waals surface area (Å²) in [6.45, 7) is 2.61. The third-order valence-electron chi connectivity index (χ3n) is 3.12. The second kappa shape index (κ2) is 6.02. The van der Waals surface area contributed by atoms with Crippen molar-refractivity contribution in [1.29, 1.82) is 0 Å². The molecule has 0 saturated heterocycles. The van der Waals surface area contributed by atoms with E-state index in [-0.39, 0.29) is 0 Å². The van der Waals surface area contributed by atoms with E-state index < -0.39 is 0 Å². The molecule has 2 aromatic carbocycles. The summed E-state index contributed by atoms with van der Waals surface area (Å²) in [5, 5.41) is 3.98. The lowest BCUT2D eigenvalue weighted by Crippen LogP contribution is -1.99. The van der Waals surface area contributed by atoms with Crippen LogP contribution in [0.2, 0.25) is 5.02 Å². The molecular formula is C17H15ClN2O. The molecule has 0 bridgehead atoms. The predicted octanol–water partition coefficient (Wildman–Crippen LogP) is 4.92. The fraction of sp³-hybridized carbons (Fsp3) is 0.118. The number of oxazole rings is 1. The maximum absolute atomic E-state index is 5.98. The molecule has 106 valence electrons. The number of hydrogen-bond donors (Lipinski definition) is 1. The summed E-state index contributed by atoms with van der Waals surface area (Å²) in [6, 6.07) is 15.7. The maximum atomic E-state index is 5.98. The minimum Gasteiger partial charge on any atom is -0.439 e. The molecular weight excluding hydrogens is 284 g/mol. The monoisotopic (exact) mass is 298 g/mol. The van der Waals surface area contributed by atoms with E-state index in [1.54, 1.807) is 6.20 Å². The van der Waals surface area contributed by atoms with Gasteiger partial charge in [-0.3, -0.25) is 0 Å². The van der Waals surface area contributed by atoms with Crippen LogP contribution in [-0.4, -0.2) is 4.98 Å². The van der Waals surface area contributed by atoms with Gasteiger partial charge in [-0.15, -0.1) is 0 Å². The van der Waals surface area contributed by atoms with Gasteiger partial charge in [0.1, 0.15) is 0 Å². The molecule has 0 amide bonds. The second-order valence-electron chi connectivity index (χ2n) is 4.85. The summed E-state index contributed by atoms with van der Waals surface area (Å²) < 4.78 is 5.74. The molecule has 21 heavy (non-hydrogen) atoms. The van der Waals surface area contributed by atoms with E-state index in [1.165, 1.54) is 5.56 Å². The van der Waals surface area contributed by atoms with Gasteiger partial charge in [0.05, 0.1) is 12.7 Å². The van der Waals surface area contributed by atoms with Gasteiger partial charge in [0.2, 0.25) is 5.89 Å². The highest BCUT2D eigenvalue weighted by Crippen LogP contribution is 2.23. The van der Waals surface area contributed by atoms with Crippen LogP contribution in [0.1, 0.15) is 11.5 Å². The Morgan fingerprint density at radius 1 is 1.14 bits per heavy atom. The maximum Gasteiger partial charge on any atom is 0.214 e. The van der Waals surface area contributed by atoms with Crippen LogP contribution in [0.3, 0.4) is 0 Å². The van der Waals surface area contributed by atoms with Crippen LogP contribution in [0.15, 0.2) is 59.1 Å². The molecule has 0 fully saturated rings. The van der Waals surface area contributed by atoms with E-state index >= 15 is 0 Å². The van der Waals surface area contributed by atoms with E-state index in [0.29, 0.717) is 17.5 Å². The van der Waals surface area contributed by atoms with Crippen molar-refractivity contribution in [1.82, 2.24) is 4.98 Å². The number of nitrogens with zero attached hydrogens (tertiary/aromatic N) is 1. The topological polar surface area (TPSA) is 38.1 Å². The van der Waals surface area contributed by atoms with Crippen molar-refractivity contribution >= 4 is 17.3 Å². The molecule has 0 saturated carbocycles. The zero-order chi connectivity index (χ0) is 14.7. The zero-order valence-corrected chi connectivity index (χ0v) is 12.4. The fourth-order valence-corrected chi connectivity index (χ4v) is 2.29. The molecule has 0 atom stereocenters. The summed E-state index contributed by atoms with van der Waals surface area (Å²) in [7, 11) is 0. The molecule has 0 unspecified atom stereocenters. The smallest absolute Gasteiger partial charge is 0.214 e. The van der Waals surface area contributed by atoms with Crippen LogP contribution in [0.25, 0.3) is 11.3 Å². The third-order valence-corrected chi connectivity index (χ3v) is 3.36. The van der Waals surface area contributed by atoms with Gasteiger partial charge in [0, 0.05) is 16.3 Å². The lowest BCUT2D eigenvalue weighted by molar-refractivity contribution is 0.516. The number of aromatic nitrogens is 1. The second-order valence-corrected chi connectivity index (χ2v) is 5.29. The summed E-state index contributed by atoms with van der Waals surface area (Å²) in [5.41, 5.74) is 3.20. The molecule has 0 radical (unpaired) electrons. The summed E-state index contributed by atoms with van der Waals surface area (Å²) in [4.78, 5) is 4.29. The number of nitrogens with one attached hydrogen (secondary N) is 1. The standard InChI is InChI=1S/C17H15ClN2O/c1-12-4-2-7-15(8-12)19-11-17-20-10-16(21-17)13-5-3-6-14(18)9-13/h2-10,19H,11H2,1H3. The van der Waals surface area contributed by atoms with Gasteiger partial charge in [-0.25, -0.2) is 4.98 Å². The number of hydrogen-bond acceptors (Lipinski definition) is 3. The number of aryl methyl sites for hydroxylation is 1. The fourth-order valence-electron chi connectivity index (χ4n) is 2.10. The average molecular weight is 299 g/mol. The summed E-state index contributed by atoms with van der Waals surface area (Å²) in [6.07, 6.45) is 1.72. The van der Waals surface area contributed by atoms with E-state index in [4.69, 9.17) is 16.0 Å². The Balaban J connectivity index is 1.71. The molecule has 1 N–H and O–H groups in total. The number of halogens is 1. The summed E-state index contributed by atoms with van der Waals surface area (Å²) >= 11 is 5.98. The quantitative estimate of drug-likeness (QED) is 0.743. The normalized spacial score (nSPS) is 10.6. The minimum atomic E-state index is 0.546. The van der Waals surface area contributed by atoms with Crippen molar-refractivity contribution in [2.24, 2.45) is 0 Å². The first kappa shape index (κ1) is 13.7. The first-order valence-corrected chi connectivity index (χ1v) is 7.10. The number of benzene rings is 2. The average Bonchev–Trinajstić information content (AvgIpc) is 2.94. The zero-order valence-electron chi connectivity index (χ0n) is 11.6. The molecule has 4 heteroatoms. The SMILES string of the molecule is Cc1cccc(NCc2ncc(-c3cccc(Cl)c3)o2)c1. The molecule has 0 spiro atoms. The van der Waals surface area contributed by atoms with Crippen LogP contribution >= 0.6 is 11.6 Å². The van der Waals surface area contributed by atoms with Gasteiger partial charge >= 0.3 is 0 Å². The van der Waals surface area contributed by atoms with E-state index in [9.17, 15) is 0 Å². The highest BCUT2D eigenvalue weighted by molar-refractivity contribution is 6.30. The van der Waals surface area contributed by atoms with Gasteiger partial charge in [-0.05, 0) is 36.8 Å². The Morgan fingerprint density at radius 3 is 2.81 bits per heavy atom. The largest absolute Gasteiger partial charge is 0.439 e. The molecule has 1 heterocycles. The van der Waals surface area contributed by atoms with Crippen molar-refractivity contribution in [3.05, 3.63) is 71.2 Å². The Bertz CT molecular complexity index is 752. The Labute approximate surface area is 128 Å². The van der Waals surface area contributed by atoms with E-state index in [2.05, 4.69) is 29.4 Å². The van der Waals surface area contributed by atoms with Gasteiger partial charge in [0.25, 0.3) is 0 Å². The predicted molar refractivity (Wildman–Crippen MR) is 85.5 cm³/mol. The van der Waals surface area contributed by atoms with Crippen molar-refractivity contribution in [2.45, 2.75) is 13.5 Å². The summed E-state index contributed by atoms with van der Waals surface area (Å²) in [5.74, 6) is 1.37. The molecule has 0 aliphatic carbocycles. The first-order valence-electron chi connectivity index (χ1n) is 6.72. The van der Waals surface area contributed by atoms with E-state index in [1.807, 2.05) is 36.4 Å². The van der Waals surface area contributed by atoms with Crippen LogP contribution in [0, 0.1) is 6.92 Å². The molecule has 3 rings (SSSR count). The van der Waals surface area contributed by atoms with E-state index in [0.717, 1.165) is 17.0 Å². The van der Waals surface area contributed by atoms with Gasteiger partial charge in [-0.2, -0.15) is 0 Å². The first-order chi connectivity index (χ1) is 10.2. The van der Waals surface area contributed by atoms with Crippen LogP contribution in [-0.2, 0) is 6.54 Å². The Morgan fingerprint density at radius 2 is 2.00 bits per heavy atom. The van der Waals surface area contributed by atoms with Gasteiger partial charge < -0.3 is 9.73 Å². The van der Waals surface area contributed by atoms with Gasteiger partial charge in [-0.1, -0.05) is 35.9 Å². The molecule has 0 aliphatic heterocycles. The third kappa shape index (κ3) is 3.44. The van der Waals surface area contributed by atoms with Crippen molar-refractivity contribution in [2.75, 3.05) is 5.32 Å². The van der Waals surface area contributed by atoms with Crippen molar-refractivity contribution in [3.63, 3.8) is 0 Å². The molecule has 1 aromatic heterocycles. The lowest BCUT2D eigenvalue weighted by atomic mass is 10.2. The number of anilines is 1. The van der Waals surface area contributed by atoms with Crippen LogP contribution in [0.4, 0.5) is 5.69 Å². The highest BCUT2D eigenvalue weighted by atomic mass is 35.5. The van der Waals surface area contributed by atoms with Crippen LogP contribution in [0.5, 0.6) is 0 Å². The van der Waals surface area contributed by atoms with Gasteiger partial charge in [0.15, 0.2) is 5.76 Å². The lowest BCUT2D eigenvalue weighted by Gasteiger charge is -2.04. The molecule has 3 aromatic rings. The van der Waals surface area contributed by atoms with Crippen LogP contribution < -0.4 is 5.32 Å². The van der Waals surface area contributed by atoms with Crippen molar-refractivity contribution < 1.29 is 4.42 Å². The Kier molecular flexibility index (Phi) is 3.93. The minimum absolute atomic E-state index is 0.546.